The highest BCUT2D eigenvalue weighted by Crippen LogP contribution is 2.21. The van der Waals surface area contributed by atoms with E-state index in [-0.39, 0.29) is 30.5 Å². The Hall–Kier alpha value is -1.74. The molecule has 6 nitrogen and oxygen atoms in total. The van der Waals surface area contributed by atoms with Crippen LogP contribution in [-0.4, -0.2) is 31.3 Å². The zero-order chi connectivity index (χ0) is 18.3. The van der Waals surface area contributed by atoms with Gasteiger partial charge in [-0.1, -0.05) is 12.1 Å². The van der Waals surface area contributed by atoms with E-state index in [0.29, 0.717) is 18.3 Å². The van der Waals surface area contributed by atoms with Crippen LogP contribution in [0.15, 0.2) is 45.8 Å². The summed E-state index contributed by atoms with van der Waals surface area (Å²) < 4.78 is 10.8. The number of furan rings is 1. The second kappa shape index (κ2) is 10.4. The van der Waals surface area contributed by atoms with Crippen molar-refractivity contribution in [2.75, 3.05) is 20.2 Å². The lowest BCUT2D eigenvalue weighted by molar-refractivity contribution is 0.0378. The first-order valence-corrected chi connectivity index (χ1v) is 8.39. The molecule has 1 aromatic carbocycles. The number of nitrogens with one attached hydrogen (secondary N) is 2. The monoisotopic (exact) mass is 473 g/mol. The summed E-state index contributed by atoms with van der Waals surface area (Å²) >= 11 is 0. The van der Waals surface area contributed by atoms with Crippen LogP contribution in [0.2, 0.25) is 0 Å². The highest BCUT2D eigenvalue weighted by molar-refractivity contribution is 14.0. The van der Waals surface area contributed by atoms with Gasteiger partial charge in [-0.25, -0.2) is 4.99 Å². The van der Waals surface area contributed by atoms with Crippen LogP contribution in [0.5, 0.6) is 5.75 Å². The molecule has 3 N–H and O–H groups in total. The van der Waals surface area contributed by atoms with E-state index in [1.54, 1.807) is 20.1 Å². The third-order valence-electron chi connectivity index (χ3n) is 3.77. The number of ether oxygens (including phenoxy) is 1. The van der Waals surface area contributed by atoms with E-state index in [0.717, 1.165) is 23.6 Å². The largest absolute Gasteiger partial charge is 0.497 e. The van der Waals surface area contributed by atoms with Crippen LogP contribution in [0.3, 0.4) is 0 Å². The molecule has 0 aliphatic rings. The van der Waals surface area contributed by atoms with Gasteiger partial charge in [-0.05, 0) is 50.6 Å². The first-order valence-electron chi connectivity index (χ1n) is 8.39. The van der Waals surface area contributed by atoms with Gasteiger partial charge in [0.25, 0.3) is 0 Å². The summed E-state index contributed by atoms with van der Waals surface area (Å²) in [6, 6.07) is 11.4. The van der Waals surface area contributed by atoms with E-state index in [9.17, 15) is 5.11 Å². The highest BCUT2D eigenvalue weighted by atomic mass is 127. The van der Waals surface area contributed by atoms with E-state index >= 15 is 0 Å². The van der Waals surface area contributed by atoms with Crippen molar-refractivity contribution in [1.82, 2.24) is 10.6 Å². The van der Waals surface area contributed by atoms with E-state index in [1.165, 1.54) is 0 Å². The number of hydrogen-bond donors (Lipinski definition) is 3. The van der Waals surface area contributed by atoms with Crippen molar-refractivity contribution in [2.24, 2.45) is 4.99 Å². The second-order valence-corrected chi connectivity index (χ2v) is 6.08. The van der Waals surface area contributed by atoms with Crippen molar-refractivity contribution in [3.63, 3.8) is 0 Å². The summed E-state index contributed by atoms with van der Waals surface area (Å²) in [6.07, 6.45) is 0. The number of hydrogen-bond acceptors (Lipinski definition) is 4. The first-order chi connectivity index (χ1) is 11.9. The fourth-order valence-corrected chi connectivity index (χ4v) is 2.35. The maximum absolute atomic E-state index is 10.6. The average molecular weight is 473 g/mol. The molecule has 2 rings (SSSR count). The van der Waals surface area contributed by atoms with Gasteiger partial charge >= 0.3 is 0 Å². The van der Waals surface area contributed by atoms with Crippen molar-refractivity contribution in [3.05, 3.63) is 53.5 Å². The van der Waals surface area contributed by atoms with Crippen LogP contribution in [0, 0.1) is 6.92 Å². The molecule has 2 aromatic rings. The smallest absolute Gasteiger partial charge is 0.191 e. The predicted molar refractivity (Wildman–Crippen MR) is 114 cm³/mol. The van der Waals surface area contributed by atoms with Crippen molar-refractivity contribution in [1.29, 1.82) is 0 Å². The maximum Gasteiger partial charge on any atom is 0.191 e. The minimum Gasteiger partial charge on any atom is -0.497 e. The molecule has 1 atom stereocenters. The molecule has 0 saturated carbocycles. The molecule has 0 amide bonds. The highest BCUT2D eigenvalue weighted by Gasteiger charge is 2.27. The van der Waals surface area contributed by atoms with Crippen LogP contribution in [-0.2, 0) is 12.1 Å². The van der Waals surface area contributed by atoms with Crippen molar-refractivity contribution in [3.8, 4) is 5.75 Å². The molecule has 0 bridgehead atoms. The molecular formula is C19H28IN3O3. The number of guanidine groups is 1. The van der Waals surface area contributed by atoms with Gasteiger partial charge < -0.3 is 24.9 Å². The maximum atomic E-state index is 10.6. The van der Waals surface area contributed by atoms with Gasteiger partial charge in [-0.15, -0.1) is 24.0 Å². The molecule has 0 aliphatic carbocycles. The fourth-order valence-electron chi connectivity index (χ4n) is 2.35. The van der Waals surface area contributed by atoms with Crippen LogP contribution >= 0.6 is 24.0 Å². The number of aliphatic hydroxyl groups is 1. The zero-order valence-corrected chi connectivity index (χ0v) is 18.0. The number of benzene rings is 1. The van der Waals surface area contributed by atoms with Crippen molar-refractivity contribution >= 4 is 29.9 Å². The van der Waals surface area contributed by atoms with Gasteiger partial charge in [0, 0.05) is 6.54 Å². The Morgan fingerprint density at radius 2 is 2.04 bits per heavy atom. The SMILES string of the molecule is CCNC(=NCc1cccc(OC)c1)NCC(C)(O)c1ccc(C)o1.I. The van der Waals surface area contributed by atoms with Crippen molar-refractivity contribution < 1.29 is 14.3 Å². The standard InChI is InChI=1S/C19H27N3O3.HI/c1-5-20-18(21-12-15-7-6-8-16(11-15)24-4)22-13-19(3,23)17-10-9-14(2)25-17;/h6-11,23H,5,12-13H2,1-4H3,(H2,20,21,22);1H. The van der Waals surface area contributed by atoms with Gasteiger partial charge in [0.2, 0.25) is 0 Å². The Morgan fingerprint density at radius 3 is 2.65 bits per heavy atom. The number of aliphatic imine (C=N–C) groups is 1. The molecule has 1 unspecified atom stereocenters. The van der Waals surface area contributed by atoms with E-state index in [4.69, 9.17) is 9.15 Å². The second-order valence-electron chi connectivity index (χ2n) is 6.08. The predicted octanol–water partition coefficient (Wildman–Crippen LogP) is 3.18. The third kappa shape index (κ3) is 6.53. The quantitative estimate of drug-likeness (QED) is 0.327. The lowest BCUT2D eigenvalue weighted by Gasteiger charge is -2.22. The summed E-state index contributed by atoms with van der Waals surface area (Å²) in [7, 11) is 1.65. The lowest BCUT2D eigenvalue weighted by atomic mass is 10.0. The van der Waals surface area contributed by atoms with Crippen LogP contribution < -0.4 is 15.4 Å². The first kappa shape index (κ1) is 22.3. The van der Waals surface area contributed by atoms with Crippen LogP contribution in [0.4, 0.5) is 0 Å². The number of nitrogens with zero attached hydrogens (tertiary/aromatic N) is 1. The fraction of sp³-hybridized carbons (Fsp3) is 0.421. The number of aryl methyl sites for hydroxylation is 1. The summed E-state index contributed by atoms with van der Waals surface area (Å²) in [5, 5.41) is 17.0. The molecule has 0 aliphatic heterocycles. The number of rotatable bonds is 7. The molecule has 0 radical (unpaired) electrons. The van der Waals surface area contributed by atoms with Crippen LogP contribution in [0.25, 0.3) is 0 Å². The van der Waals surface area contributed by atoms with E-state index < -0.39 is 5.60 Å². The minimum absolute atomic E-state index is 0. The number of halogens is 1. The molecule has 1 heterocycles. The van der Waals surface area contributed by atoms with Gasteiger partial charge in [-0.3, -0.25) is 0 Å². The number of methoxy groups -OCH3 is 1. The summed E-state index contributed by atoms with van der Waals surface area (Å²) in [6.45, 7) is 7.08. The summed E-state index contributed by atoms with van der Waals surface area (Å²) in [5.41, 5.74) is -0.0783. The molecule has 26 heavy (non-hydrogen) atoms. The Morgan fingerprint density at radius 1 is 1.27 bits per heavy atom. The molecule has 7 heteroatoms. The molecule has 144 valence electrons. The van der Waals surface area contributed by atoms with E-state index in [2.05, 4.69) is 15.6 Å². The van der Waals surface area contributed by atoms with Gasteiger partial charge in [-0.2, -0.15) is 0 Å². The Labute approximate surface area is 172 Å². The Kier molecular flexibility index (Phi) is 8.94. The normalized spacial score (nSPS) is 13.5. The molecule has 0 spiro atoms. The topological polar surface area (TPSA) is 79.0 Å². The van der Waals surface area contributed by atoms with Gasteiger partial charge in [0.15, 0.2) is 5.96 Å². The lowest BCUT2D eigenvalue weighted by Crippen LogP contribution is -2.44. The molecule has 1 aromatic heterocycles. The van der Waals surface area contributed by atoms with Crippen LogP contribution in [0.1, 0.15) is 30.9 Å². The zero-order valence-electron chi connectivity index (χ0n) is 15.7. The Bertz CT molecular complexity index is 714. The van der Waals surface area contributed by atoms with E-state index in [1.807, 2.05) is 44.2 Å². The Balaban J connectivity index is 0.00000338. The molecule has 0 saturated heterocycles. The van der Waals surface area contributed by atoms with Crippen molar-refractivity contribution in [2.45, 2.75) is 32.9 Å². The molecular weight excluding hydrogens is 445 g/mol. The molecule has 0 fully saturated rings. The van der Waals surface area contributed by atoms with Gasteiger partial charge in [0.1, 0.15) is 22.9 Å². The third-order valence-corrected chi connectivity index (χ3v) is 3.77. The van der Waals surface area contributed by atoms with Gasteiger partial charge in [0.05, 0.1) is 20.2 Å². The summed E-state index contributed by atoms with van der Waals surface area (Å²) in [5.74, 6) is 2.74. The summed E-state index contributed by atoms with van der Waals surface area (Å²) in [4.78, 5) is 4.56. The minimum atomic E-state index is -1.12. The average Bonchev–Trinajstić information content (AvgIpc) is 3.05.